The van der Waals surface area contributed by atoms with Gasteiger partial charge in [0.25, 0.3) is 0 Å². The second-order valence-electron chi connectivity index (χ2n) is 4.07. The van der Waals surface area contributed by atoms with Crippen molar-refractivity contribution in [1.29, 1.82) is 0 Å². The number of fused-ring (bicyclic) bond motifs is 1. The largest absolute Gasteiger partial charge is 0.242 e. The van der Waals surface area contributed by atoms with E-state index in [2.05, 4.69) is 23.2 Å². The van der Waals surface area contributed by atoms with Crippen molar-refractivity contribution >= 4 is 56.4 Å². The number of thiazole rings is 1. The van der Waals surface area contributed by atoms with Gasteiger partial charge < -0.3 is 0 Å². The lowest BCUT2D eigenvalue weighted by Crippen LogP contribution is -1.97. The summed E-state index contributed by atoms with van der Waals surface area (Å²) in [4.78, 5) is 4.39. The molecule has 2 aromatic carbocycles. The van der Waals surface area contributed by atoms with Crippen LogP contribution in [0.4, 0.5) is 0 Å². The van der Waals surface area contributed by atoms with Crippen LogP contribution in [-0.2, 0) is 3.79 Å². The molecule has 0 fully saturated rings. The molecule has 96 valence electrons. The molecule has 0 bridgehead atoms. The molecular weight excluding hydrogens is 321 g/mol. The zero-order valence-electron chi connectivity index (χ0n) is 9.61. The van der Waals surface area contributed by atoms with E-state index in [9.17, 15) is 0 Å². The summed E-state index contributed by atoms with van der Waals surface area (Å²) in [5, 5.41) is 0.498. The van der Waals surface area contributed by atoms with Crippen LogP contribution in [0.15, 0.2) is 48.5 Å². The lowest BCUT2D eigenvalue weighted by Gasteiger charge is -2.03. The van der Waals surface area contributed by atoms with Crippen LogP contribution in [0.25, 0.3) is 21.3 Å². The molecule has 0 saturated heterocycles. The first-order chi connectivity index (χ1) is 9.04. The van der Waals surface area contributed by atoms with Gasteiger partial charge in [0, 0.05) is 0 Å². The van der Waals surface area contributed by atoms with Crippen molar-refractivity contribution in [2.45, 2.75) is 3.79 Å². The van der Waals surface area contributed by atoms with Gasteiger partial charge in [0.2, 0.25) is 3.79 Å². The Kier molecular flexibility index (Phi) is 3.44. The minimum absolute atomic E-state index is 0.498. The highest BCUT2D eigenvalue weighted by Gasteiger charge is 2.27. The zero-order chi connectivity index (χ0) is 13.5. The fourth-order valence-corrected chi connectivity index (χ4v) is 3.15. The van der Waals surface area contributed by atoms with Crippen LogP contribution < -0.4 is 0 Å². The summed E-state index contributed by atoms with van der Waals surface area (Å²) in [6.07, 6.45) is 0. The van der Waals surface area contributed by atoms with Gasteiger partial charge in [-0.1, -0.05) is 71.2 Å². The molecule has 0 N–H and O–H groups in total. The van der Waals surface area contributed by atoms with Crippen LogP contribution in [0.1, 0.15) is 5.01 Å². The summed E-state index contributed by atoms with van der Waals surface area (Å²) < 4.78 is -0.447. The molecule has 5 heteroatoms. The number of hydrogen-bond acceptors (Lipinski definition) is 2. The van der Waals surface area contributed by atoms with Crippen molar-refractivity contribution < 1.29 is 0 Å². The average Bonchev–Trinajstić information content (AvgIpc) is 2.82. The number of benzene rings is 2. The lowest BCUT2D eigenvalue weighted by molar-refractivity contribution is 1.19. The van der Waals surface area contributed by atoms with Gasteiger partial charge in [-0.2, -0.15) is 0 Å². The van der Waals surface area contributed by atoms with Gasteiger partial charge in [0.05, 0.1) is 10.2 Å². The highest BCUT2D eigenvalue weighted by atomic mass is 35.6. The summed E-state index contributed by atoms with van der Waals surface area (Å²) in [5.74, 6) is 0. The molecule has 1 heterocycles. The molecule has 0 atom stereocenters. The second-order valence-corrected chi connectivity index (χ2v) is 7.38. The maximum Gasteiger partial charge on any atom is 0.242 e. The molecule has 0 amide bonds. The van der Waals surface area contributed by atoms with Gasteiger partial charge in [-0.05, 0) is 23.3 Å². The summed E-state index contributed by atoms with van der Waals surface area (Å²) in [5.41, 5.74) is 3.11. The first kappa shape index (κ1) is 13.2. The zero-order valence-corrected chi connectivity index (χ0v) is 12.7. The Morgan fingerprint density at radius 1 is 0.895 bits per heavy atom. The van der Waals surface area contributed by atoms with Crippen LogP contribution in [0.5, 0.6) is 0 Å². The normalized spacial score (nSPS) is 11.9. The molecule has 0 spiro atoms. The van der Waals surface area contributed by atoms with E-state index in [0.717, 1.165) is 21.3 Å². The maximum absolute atomic E-state index is 5.87. The summed E-state index contributed by atoms with van der Waals surface area (Å²) in [6.45, 7) is 0. The van der Waals surface area contributed by atoms with Crippen molar-refractivity contribution in [3.8, 4) is 11.1 Å². The second kappa shape index (κ2) is 4.95. The van der Waals surface area contributed by atoms with E-state index in [-0.39, 0.29) is 0 Å². The first-order valence-corrected chi connectivity index (χ1v) is 7.52. The van der Waals surface area contributed by atoms with Gasteiger partial charge in [0.15, 0.2) is 0 Å². The highest BCUT2D eigenvalue weighted by molar-refractivity contribution is 7.19. The lowest BCUT2D eigenvalue weighted by atomic mass is 10.1. The molecule has 0 aliphatic heterocycles. The summed E-state index contributed by atoms with van der Waals surface area (Å²) in [6, 6.07) is 16.2. The Labute approximate surface area is 129 Å². The Balaban J connectivity index is 2.11. The molecule has 19 heavy (non-hydrogen) atoms. The Hall–Kier alpha value is -0.800. The van der Waals surface area contributed by atoms with Crippen molar-refractivity contribution in [3.05, 3.63) is 53.5 Å². The fraction of sp³-hybridized carbons (Fsp3) is 0.0714. The molecule has 3 aromatic rings. The van der Waals surface area contributed by atoms with E-state index < -0.39 is 3.79 Å². The van der Waals surface area contributed by atoms with Gasteiger partial charge in [-0.25, -0.2) is 4.98 Å². The molecule has 3 rings (SSSR count). The van der Waals surface area contributed by atoms with Gasteiger partial charge >= 0.3 is 0 Å². The van der Waals surface area contributed by atoms with Gasteiger partial charge in [-0.15, -0.1) is 11.3 Å². The number of rotatable bonds is 1. The van der Waals surface area contributed by atoms with Crippen LogP contribution in [0, 0.1) is 0 Å². The SMILES string of the molecule is ClC(Cl)(Cl)c1nc2cc(-c3ccccc3)ccc2s1. The van der Waals surface area contributed by atoms with Gasteiger partial charge in [0.1, 0.15) is 5.01 Å². The fourth-order valence-electron chi connectivity index (χ4n) is 1.86. The minimum Gasteiger partial charge on any atom is -0.237 e. The van der Waals surface area contributed by atoms with Crippen molar-refractivity contribution in [3.63, 3.8) is 0 Å². The smallest absolute Gasteiger partial charge is 0.237 e. The predicted molar refractivity (Wildman–Crippen MR) is 84.3 cm³/mol. The Bertz CT molecular complexity index is 716. The number of alkyl halides is 3. The van der Waals surface area contributed by atoms with E-state index in [4.69, 9.17) is 34.8 Å². The number of nitrogens with zero attached hydrogens (tertiary/aromatic N) is 1. The number of hydrogen-bond donors (Lipinski definition) is 0. The first-order valence-electron chi connectivity index (χ1n) is 5.57. The molecule has 0 aliphatic rings. The Morgan fingerprint density at radius 3 is 2.32 bits per heavy atom. The molecule has 0 unspecified atom stereocenters. The monoisotopic (exact) mass is 327 g/mol. The van der Waals surface area contributed by atoms with E-state index in [1.807, 2.05) is 30.3 Å². The quantitative estimate of drug-likeness (QED) is 0.515. The molecule has 1 nitrogen and oxygen atoms in total. The maximum atomic E-state index is 5.87. The van der Waals surface area contributed by atoms with E-state index in [0.29, 0.717) is 5.01 Å². The van der Waals surface area contributed by atoms with Gasteiger partial charge in [-0.3, -0.25) is 0 Å². The van der Waals surface area contributed by atoms with E-state index >= 15 is 0 Å². The topological polar surface area (TPSA) is 12.9 Å². The standard InChI is InChI=1S/C14H8Cl3NS/c15-14(16,17)13-18-11-8-10(6-7-12(11)19-13)9-4-2-1-3-5-9/h1-8H. The molecule has 1 aromatic heterocycles. The molecule has 0 radical (unpaired) electrons. The van der Waals surface area contributed by atoms with Crippen molar-refractivity contribution in [2.75, 3.05) is 0 Å². The molecule has 0 saturated carbocycles. The Morgan fingerprint density at radius 2 is 1.63 bits per heavy atom. The highest BCUT2D eigenvalue weighted by Crippen LogP contribution is 2.42. The van der Waals surface area contributed by atoms with E-state index in [1.165, 1.54) is 11.3 Å². The minimum atomic E-state index is -1.46. The summed E-state index contributed by atoms with van der Waals surface area (Å²) >= 11 is 19.0. The van der Waals surface area contributed by atoms with Crippen LogP contribution in [-0.4, -0.2) is 4.98 Å². The molecule has 0 aliphatic carbocycles. The number of aromatic nitrogens is 1. The third-order valence-electron chi connectivity index (χ3n) is 2.74. The third kappa shape index (κ3) is 2.72. The molecular formula is C14H8Cl3NS. The number of halogens is 3. The van der Waals surface area contributed by atoms with Crippen LogP contribution in [0.2, 0.25) is 0 Å². The van der Waals surface area contributed by atoms with Crippen LogP contribution >= 0.6 is 46.1 Å². The van der Waals surface area contributed by atoms with Crippen molar-refractivity contribution in [1.82, 2.24) is 4.98 Å². The summed E-state index contributed by atoms with van der Waals surface area (Å²) in [7, 11) is 0. The predicted octanol–water partition coefficient (Wildman–Crippen LogP) is 5.79. The third-order valence-corrected chi connectivity index (χ3v) is 4.77. The average molecular weight is 329 g/mol. The van der Waals surface area contributed by atoms with Crippen LogP contribution in [0.3, 0.4) is 0 Å². The van der Waals surface area contributed by atoms with E-state index in [1.54, 1.807) is 0 Å². The van der Waals surface area contributed by atoms with Crippen molar-refractivity contribution in [2.24, 2.45) is 0 Å².